The number of carbonyl (C=O) groups excluding carboxylic acids is 2. The second-order valence-corrected chi connectivity index (χ2v) is 11.9. The molecule has 37 heavy (non-hydrogen) atoms. The van der Waals surface area contributed by atoms with Crippen LogP contribution in [-0.2, 0) is 15.0 Å². The van der Waals surface area contributed by atoms with E-state index in [1.165, 1.54) is 6.42 Å². The number of nitrogens with zero attached hydrogens (tertiary/aromatic N) is 4. The molecular weight excluding hydrogens is 468 g/mol. The number of benzene rings is 1. The van der Waals surface area contributed by atoms with Gasteiger partial charge in [0.1, 0.15) is 6.33 Å². The molecule has 1 aromatic carbocycles. The van der Waals surface area contributed by atoms with Crippen LogP contribution >= 0.6 is 0 Å². The highest BCUT2D eigenvalue weighted by Gasteiger charge is 2.43. The average molecular weight is 509 g/mol. The Morgan fingerprint density at radius 3 is 2.41 bits per heavy atom. The normalized spacial score (nSPS) is 23.6. The molecule has 2 saturated carbocycles. The fraction of sp³-hybridized carbons (Fsp3) is 0.643. The molecule has 9 nitrogen and oxygen atoms in total. The summed E-state index contributed by atoms with van der Waals surface area (Å²) in [6.45, 7) is 6.79. The fourth-order valence-corrected chi connectivity index (χ4v) is 5.56. The number of aliphatic hydroxyl groups is 1. The second-order valence-electron chi connectivity index (χ2n) is 11.9. The molecule has 3 N–H and O–H groups in total. The Bertz CT molecular complexity index is 1100. The summed E-state index contributed by atoms with van der Waals surface area (Å²) in [4.78, 5) is 29.8. The maximum atomic E-state index is 14.1. The van der Waals surface area contributed by atoms with Gasteiger partial charge in [0, 0.05) is 24.3 Å². The van der Waals surface area contributed by atoms with E-state index in [0.717, 1.165) is 44.1 Å². The van der Waals surface area contributed by atoms with Gasteiger partial charge in [0.25, 0.3) is 5.91 Å². The zero-order chi connectivity index (χ0) is 26.2. The predicted molar refractivity (Wildman–Crippen MR) is 141 cm³/mol. The lowest BCUT2D eigenvalue weighted by Gasteiger charge is -2.34. The number of aromatic nitrogens is 3. The Hall–Kier alpha value is -2.78. The number of amides is 2. The number of β-amino-alcohol motifs (C(OH)–C–C–N with tert-alkyl or cyclic N) is 1. The number of rotatable bonds is 7. The fourth-order valence-electron chi connectivity index (χ4n) is 5.56. The van der Waals surface area contributed by atoms with Gasteiger partial charge in [-0.15, -0.1) is 10.2 Å². The van der Waals surface area contributed by atoms with Gasteiger partial charge in [0.05, 0.1) is 12.1 Å². The molecule has 2 aliphatic carbocycles. The molecule has 0 bridgehead atoms. The first-order valence-corrected chi connectivity index (χ1v) is 13.8. The van der Waals surface area contributed by atoms with Crippen LogP contribution in [0.15, 0.2) is 30.6 Å². The third-order valence-electron chi connectivity index (χ3n) is 7.90. The van der Waals surface area contributed by atoms with Crippen molar-refractivity contribution in [1.82, 2.24) is 25.4 Å². The molecule has 0 radical (unpaired) electrons. The van der Waals surface area contributed by atoms with Crippen LogP contribution in [0.1, 0.15) is 95.6 Å². The SMILES string of the molecule is CC(C)(C)c1ccc(N(C(=O)C2CC(O)CN2)C(C(=O)NC2CCCCC2)c2nncn2C2CC2)cc1. The van der Waals surface area contributed by atoms with Gasteiger partial charge in [0.15, 0.2) is 11.9 Å². The summed E-state index contributed by atoms with van der Waals surface area (Å²) in [6.07, 6.45) is 8.66. The van der Waals surface area contributed by atoms with E-state index >= 15 is 0 Å². The van der Waals surface area contributed by atoms with Gasteiger partial charge in [-0.2, -0.15) is 0 Å². The number of hydrogen-bond donors (Lipinski definition) is 3. The number of anilines is 1. The number of aliphatic hydroxyl groups excluding tert-OH is 1. The average Bonchev–Trinajstić information content (AvgIpc) is 3.44. The summed E-state index contributed by atoms with van der Waals surface area (Å²) in [5.74, 6) is 0.0189. The van der Waals surface area contributed by atoms with Gasteiger partial charge in [0.2, 0.25) is 5.91 Å². The minimum Gasteiger partial charge on any atom is -0.392 e. The lowest BCUT2D eigenvalue weighted by Crippen LogP contribution is -2.52. The van der Waals surface area contributed by atoms with Gasteiger partial charge in [-0.3, -0.25) is 14.5 Å². The summed E-state index contributed by atoms with van der Waals surface area (Å²) in [5.41, 5.74) is 1.73. The van der Waals surface area contributed by atoms with Gasteiger partial charge in [-0.1, -0.05) is 52.2 Å². The van der Waals surface area contributed by atoms with Crippen LogP contribution in [0.2, 0.25) is 0 Å². The van der Waals surface area contributed by atoms with Crippen LogP contribution in [0, 0.1) is 0 Å². The summed E-state index contributed by atoms with van der Waals surface area (Å²) >= 11 is 0. The van der Waals surface area contributed by atoms with Gasteiger partial charge in [-0.05, 0) is 55.2 Å². The molecule has 0 spiro atoms. The number of carbonyl (C=O) groups is 2. The first-order chi connectivity index (χ1) is 17.7. The molecule has 9 heteroatoms. The summed E-state index contributed by atoms with van der Waals surface area (Å²) in [5, 5.41) is 25.1. The molecule has 2 heterocycles. The molecule has 1 saturated heterocycles. The Labute approximate surface area is 219 Å². The van der Waals surface area contributed by atoms with Crippen molar-refractivity contribution in [2.75, 3.05) is 11.4 Å². The van der Waals surface area contributed by atoms with Gasteiger partial charge >= 0.3 is 0 Å². The van der Waals surface area contributed by atoms with Gasteiger partial charge < -0.3 is 20.3 Å². The maximum absolute atomic E-state index is 14.1. The van der Waals surface area contributed by atoms with Crippen molar-refractivity contribution in [1.29, 1.82) is 0 Å². The van der Waals surface area contributed by atoms with Crippen molar-refractivity contribution in [3.63, 3.8) is 0 Å². The standard InChI is InChI=1S/C28H40N6O3/c1-28(2,3)18-9-11-21(12-10-18)34(27(37)23-15-22(35)16-29-23)24(25-32-30-17-33(25)20-13-14-20)26(36)31-19-7-5-4-6-8-19/h9-12,17,19-20,22-24,29,35H,4-8,13-16H2,1-3H3,(H,31,36). The Balaban J connectivity index is 1.56. The quantitative estimate of drug-likeness (QED) is 0.530. The van der Waals surface area contributed by atoms with Crippen molar-refractivity contribution in [3.05, 3.63) is 42.0 Å². The molecule has 1 aromatic heterocycles. The molecule has 3 fully saturated rings. The summed E-state index contributed by atoms with van der Waals surface area (Å²) < 4.78 is 1.96. The van der Waals surface area contributed by atoms with Crippen molar-refractivity contribution in [2.45, 2.75) is 108 Å². The van der Waals surface area contributed by atoms with Crippen LogP contribution in [0.4, 0.5) is 5.69 Å². The van der Waals surface area contributed by atoms with Crippen molar-refractivity contribution < 1.29 is 14.7 Å². The smallest absolute Gasteiger partial charge is 0.251 e. The molecule has 3 aliphatic rings. The minimum absolute atomic E-state index is 0.0472. The molecular formula is C28H40N6O3. The number of hydrogen-bond acceptors (Lipinski definition) is 6. The molecule has 200 valence electrons. The van der Waals surface area contributed by atoms with E-state index in [1.807, 2.05) is 28.8 Å². The maximum Gasteiger partial charge on any atom is 0.251 e. The van der Waals surface area contributed by atoms with E-state index < -0.39 is 18.2 Å². The third kappa shape index (κ3) is 5.72. The van der Waals surface area contributed by atoms with E-state index in [-0.39, 0.29) is 29.3 Å². The topological polar surface area (TPSA) is 112 Å². The predicted octanol–water partition coefficient (Wildman–Crippen LogP) is 3.16. The van der Waals surface area contributed by atoms with Crippen LogP contribution in [0.25, 0.3) is 0 Å². The highest BCUT2D eigenvalue weighted by atomic mass is 16.3. The highest BCUT2D eigenvalue weighted by molar-refractivity contribution is 6.03. The first kappa shape index (κ1) is 25.9. The Kier molecular flexibility index (Phi) is 7.36. The molecule has 3 atom stereocenters. The molecule has 2 amide bonds. The summed E-state index contributed by atoms with van der Waals surface area (Å²) in [6, 6.07) is 6.68. The Morgan fingerprint density at radius 1 is 1.11 bits per heavy atom. The van der Waals surface area contributed by atoms with E-state index in [4.69, 9.17) is 0 Å². The minimum atomic E-state index is -0.961. The summed E-state index contributed by atoms with van der Waals surface area (Å²) in [7, 11) is 0. The molecule has 5 rings (SSSR count). The van der Waals surface area contributed by atoms with Crippen molar-refractivity contribution >= 4 is 17.5 Å². The Morgan fingerprint density at radius 2 is 1.81 bits per heavy atom. The number of nitrogens with one attached hydrogen (secondary N) is 2. The lowest BCUT2D eigenvalue weighted by atomic mass is 9.87. The van der Waals surface area contributed by atoms with Crippen LogP contribution in [-0.4, -0.2) is 56.4 Å². The van der Waals surface area contributed by atoms with E-state index in [2.05, 4.69) is 41.6 Å². The first-order valence-electron chi connectivity index (χ1n) is 13.8. The van der Waals surface area contributed by atoms with Crippen LogP contribution < -0.4 is 15.5 Å². The molecule has 2 aromatic rings. The molecule has 1 aliphatic heterocycles. The van der Waals surface area contributed by atoms with E-state index in [1.54, 1.807) is 11.2 Å². The highest BCUT2D eigenvalue weighted by Crippen LogP contribution is 2.39. The second kappa shape index (κ2) is 10.5. The largest absolute Gasteiger partial charge is 0.392 e. The van der Waals surface area contributed by atoms with Crippen LogP contribution in [0.5, 0.6) is 0 Å². The van der Waals surface area contributed by atoms with Crippen molar-refractivity contribution in [3.8, 4) is 0 Å². The monoisotopic (exact) mass is 508 g/mol. The zero-order valence-electron chi connectivity index (χ0n) is 22.2. The van der Waals surface area contributed by atoms with Crippen LogP contribution in [0.3, 0.4) is 0 Å². The molecule has 3 unspecified atom stereocenters. The zero-order valence-corrected chi connectivity index (χ0v) is 22.2. The lowest BCUT2D eigenvalue weighted by molar-refractivity contribution is -0.128. The van der Waals surface area contributed by atoms with Crippen molar-refractivity contribution in [2.24, 2.45) is 0 Å². The van der Waals surface area contributed by atoms with E-state index in [0.29, 0.717) is 24.5 Å². The van der Waals surface area contributed by atoms with E-state index in [9.17, 15) is 14.7 Å². The third-order valence-corrected chi connectivity index (χ3v) is 7.90. The van der Waals surface area contributed by atoms with Gasteiger partial charge in [-0.25, -0.2) is 0 Å².